The third-order valence-electron chi connectivity index (χ3n) is 4.59. The summed E-state index contributed by atoms with van der Waals surface area (Å²) < 4.78 is 0. The molecular formula is C18H28N2O. The van der Waals surface area contributed by atoms with Crippen LogP contribution in [-0.4, -0.2) is 30.6 Å². The van der Waals surface area contributed by atoms with Gasteiger partial charge in [0.05, 0.1) is 0 Å². The fraction of sp³-hybridized carbons (Fsp3) is 0.611. The Morgan fingerprint density at radius 1 is 1.24 bits per heavy atom. The second-order valence-corrected chi connectivity index (χ2v) is 7.08. The van der Waals surface area contributed by atoms with Crippen LogP contribution in [0.1, 0.15) is 44.7 Å². The maximum Gasteiger partial charge on any atom is 0.317 e. The number of urea groups is 1. The molecule has 0 unspecified atom stereocenters. The molecule has 1 aliphatic heterocycles. The van der Waals surface area contributed by atoms with Crippen molar-refractivity contribution in [2.75, 3.05) is 19.6 Å². The zero-order chi connectivity index (χ0) is 15.5. The summed E-state index contributed by atoms with van der Waals surface area (Å²) in [6, 6.07) is 8.66. The van der Waals surface area contributed by atoms with Crippen LogP contribution in [0.3, 0.4) is 0 Å². The number of carbonyl (C=O) groups excluding carboxylic acids is 1. The van der Waals surface area contributed by atoms with E-state index in [1.54, 1.807) is 0 Å². The highest BCUT2D eigenvalue weighted by molar-refractivity contribution is 5.74. The van der Waals surface area contributed by atoms with Crippen molar-refractivity contribution >= 4 is 6.03 Å². The van der Waals surface area contributed by atoms with E-state index in [2.05, 4.69) is 57.3 Å². The lowest BCUT2D eigenvalue weighted by molar-refractivity contribution is 0.172. The molecule has 0 spiro atoms. The Balaban J connectivity index is 1.89. The van der Waals surface area contributed by atoms with E-state index in [4.69, 9.17) is 0 Å². The first-order valence-corrected chi connectivity index (χ1v) is 7.98. The molecule has 1 fully saturated rings. The Kier molecular flexibility index (Phi) is 4.92. The van der Waals surface area contributed by atoms with Crippen molar-refractivity contribution in [1.82, 2.24) is 10.2 Å². The van der Waals surface area contributed by atoms with Crippen LogP contribution in [0.2, 0.25) is 0 Å². The van der Waals surface area contributed by atoms with E-state index in [1.165, 1.54) is 11.1 Å². The van der Waals surface area contributed by atoms with Crippen molar-refractivity contribution in [3.63, 3.8) is 0 Å². The zero-order valence-corrected chi connectivity index (χ0v) is 13.8. The van der Waals surface area contributed by atoms with Crippen molar-refractivity contribution in [2.45, 2.75) is 46.0 Å². The van der Waals surface area contributed by atoms with Gasteiger partial charge in [0.2, 0.25) is 0 Å². The van der Waals surface area contributed by atoms with Crippen LogP contribution < -0.4 is 5.32 Å². The number of amides is 2. The van der Waals surface area contributed by atoms with Crippen molar-refractivity contribution in [3.8, 4) is 0 Å². The van der Waals surface area contributed by atoms with E-state index in [9.17, 15) is 4.79 Å². The first-order chi connectivity index (χ1) is 9.88. The molecule has 2 amide bonds. The summed E-state index contributed by atoms with van der Waals surface area (Å²) in [5.41, 5.74) is 2.48. The van der Waals surface area contributed by atoms with Gasteiger partial charge in [-0.3, -0.25) is 0 Å². The molecule has 0 radical (unpaired) electrons. The molecule has 1 heterocycles. The van der Waals surface area contributed by atoms with Crippen LogP contribution >= 0.6 is 0 Å². The lowest BCUT2D eigenvalue weighted by Crippen LogP contribution is -2.47. The summed E-state index contributed by atoms with van der Waals surface area (Å²) in [7, 11) is 0. The van der Waals surface area contributed by atoms with Crippen molar-refractivity contribution in [3.05, 3.63) is 35.4 Å². The molecule has 116 valence electrons. The summed E-state index contributed by atoms with van der Waals surface area (Å²) in [4.78, 5) is 14.2. The minimum Gasteiger partial charge on any atom is -0.337 e. The highest BCUT2D eigenvalue weighted by Gasteiger charge is 2.24. The van der Waals surface area contributed by atoms with Gasteiger partial charge in [0, 0.05) is 25.0 Å². The number of piperidine rings is 1. The van der Waals surface area contributed by atoms with Gasteiger partial charge in [0.25, 0.3) is 0 Å². The predicted octanol–water partition coefficient (Wildman–Crippen LogP) is 3.71. The van der Waals surface area contributed by atoms with Gasteiger partial charge in [-0.15, -0.1) is 0 Å². The number of aryl methyl sites for hydroxylation is 1. The Morgan fingerprint density at radius 3 is 2.38 bits per heavy atom. The SMILES string of the molecule is Cc1ccc(C(C)(C)CNC(=O)N2CCC(C)CC2)cc1. The Hall–Kier alpha value is -1.51. The molecule has 3 heteroatoms. The minimum atomic E-state index is -0.0492. The normalized spacial score (nSPS) is 16.9. The first-order valence-electron chi connectivity index (χ1n) is 7.98. The first kappa shape index (κ1) is 15.9. The van der Waals surface area contributed by atoms with E-state index >= 15 is 0 Å². The van der Waals surface area contributed by atoms with Crippen molar-refractivity contribution in [1.29, 1.82) is 0 Å². The fourth-order valence-corrected chi connectivity index (χ4v) is 2.73. The summed E-state index contributed by atoms with van der Waals surface area (Å²) in [6.45, 7) is 11.1. The van der Waals surface area contributed by atoms with Gasteiger partial charge in [0.15, 0.2) is 0 Å². The molecule has 1 saturated heterocycles. The predicted molar refractivity (Wildman–Crippen MR) is 87.6 cm³/mol. The molecule has 0 bridgehead atoms. The summed E-state index contributed by atoms with van der Waals surface area (Å²) in [6.07, 6.45) is 2.24. The van der Waals surface area contributed by atoms with Crippen LogP contribution in [0, 0.1) is 12.8 Å². The van der Waals surface area contributed by atoms with E-state index < -0.39 is 0 Å². The molecule has 0 aromatic heterocycles. The Labute approximate surface area is 128 Å². The number of nitrogens with zero attached hydrogens (tertiary/aromatic N) is 1. The second kappa shape index (κ2) is 6.50. The summed E-state index contributed by atoms with van der Waals surface area (Å²) in [5.74, 6) is 0.748. The highest BCUT2D eigenvalue weighted by atomic mass is 16.2. The maximum atomic E-state index is 12.3. The number of hydrogen-bond donors (Lipinski definition) is 1. The molecule has 3 nitrogen and oxygen atoms in total. The largest absolute Gasteiger partial charge is 0.337 e. The van der Waals surface area contributed by atoms with E-state index in [0.717, 1.165) is 31.8 Å². The van der Waals surface area contributed by atoms with Crippen molar-refractivity contribution < 1.29 is 4.79 Å². The Morgan fingerprint density at radius 2 is 1.81 bits per heavy atom. The minimum absolute atomic E-state index is 0.0492. The third-order valence-corrected chi connectivity index (χ3v) is 4.59. The number of hydrogen-bond acceptors (Lipinski definition) is 1. The van der Waals surface area contributed by atoms with Gasteiger partial charge >= 0.3 is 6.03 Å². The second-order valence-electron chi connectivity index (χ2n) is 7.08. The molecule has 0 aliphatic carbocycles. The molecule has 1 N–H and O–H groups in total. The fourth-order valence-electron chi connectivity index (χ4n) is 2.73. The van der Waals surface area contributed by atoms with Crippen molar-refractivity contribution in [2.24, 2.45) is 5.92 Å². The summed E-state index contributed by atoms with van der Waals surface area (Å²) in [5, 5.41) is 3.11. The third kappa shape index (κ3) is 4.23. The summed E-state index contributed by atoms with van der Waals surface area (Å²) >= 11 is 0. The zero-order valence-electron chi connectivity index (χ0n) is 13.8. The molecule has 2 rings (SSSR count). The number of nitrogens with one attached hydrogen (secondary N) is 1. The lowest BCUT2D eigenvalue weighted by atomic mass is 9.84. The number of carbonyl (C=O) groups is 1. The highest BCUT2D eigenvalue weighted by Crippen LogP contribution is 2.23. The molecule has 1 aromatic carbocycles. The molecular weight excluding hydrogens is 260 g/mol. The van der Waals surface area contributed by atoms with Gasteiger partial charge in [-0.25, -0.2) is 4.79 Å². The molecule has 1 aliphatic rings. The smallest absolute Gasteiger partial charge is 0.317 e. The topological polar surface area (TPSA) is 32.3 Å². The average Bonchev–Trinajstić information content (AvgIpc) is 2.46. The number of likely N-dealkylation sites (tertiary alicyclic amines) is 1. The standard InChI is InChI=1S/C18H28N2O/c1-14-5-7-16(8-6-14)18(3,4)13-19-17(21)20-11-9-15(2)10-12-20/h5-8,15H,9-13H2,1-4H3,(H,19,21). The monoisotopic (exact) mass is 288 g/mol. The number of benzene rings is 1. The van der Waals surface area contributed by atoms with E-state index in [0.29, 0.717) is 6.54 Å². The quantitative estimate of drug-likeness (QED) is 0.903. The van der Waals surface area contributed by atoms with Crippen LogP contribution in [-0.2, 0) is 5.41 Å². The maximum absolute atomic E-state index is 12.3. The lowest BCUT2D eigenvalue weighted by Gasteiger charge is -2.32. The van der Waals surface area contributed by atoms with E-state index in [-0.39, 0.29) is 11.4 Å². The van der Waals surface area contributed by atoms with Crippen LogP contribution in [0.5, 0.6) is 0 Å². The van der Waals surface area contributed by atoms with Crippen LogP contribution in [0.25, 0.3) is 0 Å². The van der Waals surface area contributed by atoms with Gasteiger partial charge in [-0.1, -0.05) is 50.6 Å². The average molecular weight is 288 g/mol. The van der Waals surface area contributed by atoms with Gasteiger partial charge in [-0.05, 0) is 31.2 Å². The van der Waals surface area contributed by atoms with Gasteiger partial charge < -0.3 is 10.2 Å². The van der Waals surface area contributed by atoms with E-state index in [1.807, 2.05) is 4.90 Å². The van der Waals surface area contributed by atoms with Gasteiger partial charge in [-0.2, -0.15) is 0 Å². The molecule has 21 heavy (non-hydrogen) atoms. The van der Waals surface area contributed by atoms with Crippen LogP contribution in [0.15, 0.2) is 24.3 Å². The molecule has 0 saturated carbocycles. The number of rotatable bonds is 3. The van der Waals surface area contributed by atoms with Gasteiger partial charge in [0.1, 0.15) is 0 Å². The Bertz CT molecular complexity index is 470. The molecule has 0 atom stereocenters. The molecule has 1 aromatic rings. The van der Waals surface area contributed by atoms with Crippen LogP contribution in [0.4, 0.5) is 4.79 Å².